The van der Waals surface area contributed by atoms with Crippen LogP contribution in [0.2, 0.25) is 0 Å². The average Bonchev–Trinajstić information content (AvgIpc) is 3.32. The summed E-state index contributed by atoms with van der Waals surface area (Å²) in [6, 6.07) is 9.70. The zero-order valence-electron chi connectivity index (χ0n) is 13.5. The van der Waals surface area contributed by atoms with Crippen LogP contribution in [0.3, 0.4) is 0 Å². The summed E-state index contributed by atoms with van der Waals surface area (Å²) in [6.45, 7) is 3.94. The number of ether oxygens (including phenoxy) is 1. The Hall–Kier alpha value is -2.56. The number of nitrogens with zero attached hydrogens (tertiary/aromatic N) is 1. The average molecular weight is 310 g/mol. The zero-order valence-corrected chi connectivity index (χ0v) is 13.5. The number of pyridine rings is 1. The smallest absolute Gasteiger partial charge is 0.126 e. The predicted octanol–water partition coefficient (Wildman–Crippen LogP) is 3.44. The van der Waals surface area contributed by atoms with E-state index < -0.39 is 0 Å². The molecule has 2 aromatic rings. The minimum absolute atomic E-state index is 0.0796. The maximum atomic E-state index is 8.49. The van der Waals surface area contributed by atoms with Crippen molar-refractivity contribution in [2.45, 2.75) is 38.8 Å². The van der Waals surface area contributed by atoms with Crippen molar-refractivity contribution in [3.8, 4) is 5.75 Å². The second-order valence-electron chi connectivity index (χ2n) is 6.14. The van der Waals surface area contributed by atoms with E-state index in [0.717, 1.165) is 17.1 Å². The number of nitrogen functional groups attached to an aromatic ring is 1. The van der Waals surface area contributed by atoms with Crippen LogP contribution in [0.5, 0.6) is 5.75 Å². The van der Waals surface area contributed by atoms with Crippen molar-refractivity contribution in [2.24, 2.45) is 0 Å². The summed E-state index contributed by atoms with van der Waals surface area (Å²) in [5.74, 6) is 1.53. The van der Waals surface area contributed by atoms with Crippen LogP contribution in [0.15, 0.2) is 36.5 Å². The van der Waals surface area contributed by atoms with Gasteiger partial charge in [-0.25, -0.2) is 4.98 Å². The van der Waals surface area contributed by atoms with Gasteiger partial charge < -0.3 is 15.8 Å². The van der Waals surface area contributed by atoms with E-state index in [4.69, 9.17) is 15.9 Å². The van der Waals surface area contributed by atoms with Crippen molar-refractivity contribution in [1.82, 2.24) is 4.98 Å². The molecule has 5 heteroatoms. The lowest BCUT2D eigenvalue weighted by Crippen LogP contribution is -2.10. The van der Waals surface area contributed by atoms with E-state index >= 15 is 0 Å². The molecule has 4 N–H and O–H groups in total. The van der Waals surface area contributed by atoms with Crippen molar-refractivity contribution >= 4 is 17.2 Å². The van der Waals surface area contributed by atoms with Crippen molar-refractivity contribution in [3.05, 3.63) is 47.7 Å². The number of nitrogens with one attached hydrogen (secondary N) is 2. The molecular formula is C18H22N4O. The first-order chi connectivity index (χ1) is 11.0. The highest BCUT2D eigenvalue weighted by Gasteiger charge is 2.21. The lowest BCUT2D eigenvalue weighted by Gasteiger charge is -2.14. The molecule has 1 saturated carbocycles. The van der Waals surface area contributed by atoms with Crippen LogP contribution >= 0.6 is 0 Å². The highest BCUT2D eigenvalue weighted by Crippen LogP contribution is 2.26. The summed E-state index contributed by atoms with van der Waals surface area (Å²) in [5.41, 5.74) is 8.46. The molecule has 1 aromatic heterocycles. The molecule has 0 aliphatic heterocycles. The van der Waals surface area contributed by atoms with Gasteiger partial charge in [0.15, 0.2) is 0 Å². The number of aromatic nitrogens is 1. The molecule has 3 rings (SSSR count). The van der Waals surface area contributed by atoms with Crippen molar-refractivity contribution in [1.29, 1.82) is 5.41 Å². The van der Waals surface area contributed by atoms with Crippen molar-refractivity contribution < 1.29 is 4.74 Å². The molecule has 0 bridgehead atoms. The molecule has 0 unspecified atom stereocenters. The van der Waals surface area contributed by atoms with Crippen LogP contribution in [0.1, 0.15) is 37.8 Å². The quantitative estimate of drug-likeness (QED) is 0.563. The third-order valence-corrected chi connectivity index (χ3v) is 3.64. The second kappa shape index (κ2) is 6.28. The van der Waals surface area contributed by atoms with E-state index in [2.05, 4.69) is 10.3 Å². The van der Waals surface area contributed by atoms with Crippen LogP contribution < -0.4 is 15.8 Å². The largest absolute Gasteiger partial charge is 0.491 e. The Labute approximate surface area is 136 Å². The highest BCUT2D eigenvalue weighted by atomic mass is 16.5. The molecule has 1 aliphatic carbocycles. The molecule has 0 spiro atoms. The predicted molar refractivity (Wildman–Crippen MR) is 93.4 cm³/mol. The van der Waals surface area contributed by atoms with Gasteiger partial charge in [0.1, 0.15) is 11.6 Å². The molecule has 1 heterocycles. The standard InChI is InChI=1S/C18H22N4O/c1-11(2)23-14-5-6-16(19)15(10-14)18(20)12-7-8-21-17(9-12)22-13-3-4-13/h5-11,13,20H,3-4,19H2,1-2H3,(H,21,22). The number of nitrogens with two attached hydrogens (primary N) is 1. The van der Waals surface area contributed by atoms with E-state index in [1.54, 1.807) is 12.3 Å². The Bertz CT molecular complexity index is 723. The third-order valence-electron chi connectivity index (χ3n) is 3.64. The Morgan fingerprint density at radius 2 is 2.09 bits per heavy atom. The van der Waals surface area contributed by atoms with Crippen LogP contribution in [0.4, 0.5) is 11.5 Å². The minimum atomic E-state index is 0.0796. The molecule has 120 valence electrons. The van der Waals surface area contributed by atoms with E-state index in [-0.39, 0.29) is 6.10 Å². The van der Waals surface area contributed by atoms with Crippen LogP contribution in [0, 0.1) is 5.41 Å². The Morgan fingerprint density at radius 1 is 1.30 bits per heavy atom. The van der Waals surface area contributed by atoms with Gasteiger partial charge >= 0.3 is 0 Å². The molecular weight excluding hydrogens is 288 g/mol. The molecule has 1 aromatic carbocycles. The van der Waals surface area contributed by atoms with E-state index in [9.17, 15) is 0 Å². The van der Waals surface area contributed by atoms with Gasteiger partial charge in [0, 0.05) is 29.1 Å². The molecule has 0 radical (unpaired) electrons. The summed E-state index contributed by atoms with van der Waals surface area (Å²) >= 11 is 0. The SMILES string of the molecule is CC(C)Oc1ccc(N)c(C(=N)c2ccnc(NC3CC3)c2)c1. The molecule has 1 aliphatic rings. The van der Waals surface area contributed by atoms with Crippen LogP contribution in [-0.2, 0) is 0 Å². The van der Waals surface area contributed by atoms with Crippen molar-refractivity contribution in [3.63, 3.8) is 0 Å². The van der Waals surface area contributed by atoms with Crippen LogP contribution in [-0.4, -0.2) is 22.8 Å². The van der Waals surface area contributed by atoms with Gasteiger partial charge in [-0.2, -0.15) is 0 Å². The number of benzene rings is 1. The summed E-state index contributed by atoms with van der Waals surface area (Å²) in [6.07, 6.45) is 4.17. The van der Waals surface area contributed by atoms with Gasteiger partial charge in [-0.3, -0.25) is 5.41 Å². The Morgan fingerprint density at radius 3 is 2.78 bits per heavy atom. The van der Waals surface area contributed by atoms with Crippen LogP contribution in [0.25, 0.3) is 0 Å². The first-order valence-corrected chi connectivity index (χ1v) is 7.91. The monoisotopic (exact) mass is 310 g/mol. The summed E-state index contributed by atoms with van der Waals surface area (Å²) < 4.78 is 5.70. The third kappa shape index (κ3) is 3.80. The molecule has 23 heavy (non-hydrogen) atoms. The molecule has 0 atom stereocenters. The number of hydrogen-bond acceptors (Lipinski definition) is 5. The van der Waals surface area contributed by atoms with Gasteiger partial charge in [0.05, 0.1) is 11.8 Å². The van der Waals surface area contributed by atoms with Gasteiger partial charge in [-0.05, 0) is 57.0 Å². The fourth-order valence-corrected chi connectivity index (χ4v) is 2.35. The minimum Gasteiger partial charge on any atom is -0.491 e. The van der Waals surface area contributed by atoms with Gasteiger partial charge in [-0.15, -0.1) is 0 Å². The highest BCUT2D eigenvalue weighted by molar-refractivity contribution is 6.14. The summed E-state index contributed by atoms with van der Waals surface area (Å²) in [7, 11) is 0. The summed E-state index contributed by atoms with van der Waals surface area (Å²) in [5, 5.41) is 11.8. The maximum Gasteiger partial charge on any atom is 0.126 e. The zero-order chi connectivity index (χ0) is 16.4. The molecule has 5 nitrogen and oxygen atoms in total. The first kappa shape index (κ1) is 15.3. The number of rotatable bonds is 6. The van der Waals surface area contributed by atoms with E-state index in [0.29, 0.717) is 23.0 Å². The fraction of sp³-hybridized carbons (Fsp3) is 0.333. The number of hydrogen-bond donors (Lipinski definition) is 3. The van der Waals surface area contributed by atoms with Gasteiger partial charge in [-0.1, -0.05) is 0 Å². The lowest BCUT2D eigenvalue weighted by atomic mass is 10.0. The second-order valence-corrected chi connectivity index (χ2v) is 6.14. The maximum absolute atomic E-state index is 8.49. The fourth-order valence-electron chi connectivity index (χ4n) is 2.35. The molecule has 0 saturated heterocycles. The van der Waals surface area contributed by atoms with E-state index in [1.807, 2.05) is 38.1 Å². The molecule has 1 fully saturated rings. The number of anilines is 2. The Balaban J connectivity index is 1.86. The molecule has 0 amide bonds. The Kier molecular flexibility index (Phi) is 4.19. The van der Waals surface area contributed by atoms with E-state index in [1.165, 1.54) is 12.8 Å². The van der Waals surface area contributed by atoms with Gasteiger partial charge in [0.2, 0.25) is 0 Å². The van der Waals surface area contributed by atoms with Gasteiger partial charge in [0.25, 0.3) is 0 Å². The summed E-state index contributed by atoms with van der Waals surface area (Å²) in [4.78, 5) is 4.31. The lowest BCUT2D eigenvalue weighted by molar-refractivity contribution is 0.242. The normalized spacial score (nSPS) is 13.9. The van der Waals surface area contributed by atoms with Crippen molar-refractivity contribution in [2.75, 3.05) is 11.1 Å². The first-order valence-electron chi connectivity index (χ1n) is 7.91. The topological polar surface area (TPSA) is 84.0 Å².